The summed E-state index contributed by atoms with van der Waals surface area (Å²) in [6.45, 7) is 1.45. The van der Waals surface area contributed by atoms with Gasteiger partial charge in [-0.25, -0.2) is 9.18 Å². The van der Waals surface area contributed by atoms with Crippen molar-refractivity contribution in [2.24, 2.45) is 0 Å². The first-order chi connectivity index (χ1) is 9.77. The fourth-order valence-electron chi connectivity index (χ4n) is 2.18. The van der Waals surface area contributed by atoms with Crippen LogP contribution >= 0.6 is 0 Å². The lowest BCUT2D eigenvalue weighted by molar-refractivity contribution is -0.137. The molecule has 1 aromatic rings. The number of halogens is 4. The summed E-state index contributed by atoms with van der Waals surface area (Å²) in [6, 6.07) is 1.72. The van der Waals surface area contributed by atoms with E-state index in [0.717, 1.165) is 13.1 Å². The second kappa shape index (κ2) is 6.01. The number of benzene rings is 1. The summed E-state index contributed by atoms with van der Waals surface area (Å²) in [4.78, 5) is 13.9. The minimum atomic E-state index is -4.63. The van der Waals surface area contributed by atoms with E-state index in [-0.39, 0.29) is 6.10 Å². The third-order valence-corrected chi connectivity index (χ3v) is 3.45. The number of carbonyl (C=O) groups excluding carboxylic acids is 1. The van der Waals surface area contributed by atoms with Crippen LogP contribution in [-0.4, -0.2) is 37.1 Å². The summed E-state index contributed by atoms with van der Waals surface area (Å²) in [5, 5.41) is 0. The van der Waals surface area contributed by atoms with Gasteiger partial charge in [-0.2, -0.15) is 13.2 Å². The Morgan fingerprint density at radius 3 is 2.48 bits per heavy atom. The number of likely N-dealkylation sites (tertiary alicyclic amines) is 1. The Morgan fingerprint density at radius 2 is 1.90 bits per heavy atom. The van der Waals surface area contributed by atoms with Crippen LogP contribution in [0.2, 0.25) is 0 Å². The lowest BCUT2D eigenvalue weighted by atomic mass is 10.1. The van der Waals surface area contributed by atoms with Gasteiger partial charge in [0.2, 0.25) is 0 Å². The van der Waals surface area contributed by atoms with Gasteiger partial charge in [0.05, 0.1) is 11.1 Å². The molecule has 2 rings (SSSR count). The highest BCUT2D eigenvalue weighted by molar-refractivity contribution is 5.90. The minimum absolute atomic E-state index is 0.386. The van der Waals surface area contributed by atoms with E-state index in [1.165, 1.54) is 0 Å². The van der Waals surface area contributed by atoms with Gasteiger partial charge < -0.3 is 9.64 Å². The maximum absolute atomic E-state index is 13.5. The van der Waals surface area contributed by atoms with Crippen LogP contribution in [0.1, 0.15) is 28.8 Å². The molecule has 1 aliphatic heterocycles. The van der Waals surface area contributed by atoms with Crippen molar-refractivity contribution in [1.82, 2.24) is 4.90 Å². The van der Waals surface area contributed by atoms with E-state index in [2.05, 4.69) is 4.90 Å². The van der Waals surface area contributed by atoms with Gasteiger partial charge in [0.15, 0.2) is 0 Å². The molecule has 0 aromatic heterocycles. The fourth-order valence-corrected chi connectivity index (χ4v) is 2.18. The molecule has 21 heavy (non-hydrogen) atoms. The largest absolute Gasteiger partial charge is 0.459 e. The van der Waals surface area contributed by atoms with E-state index in [0.29, 0.717) is 31.0 Å². The number of nitrogens with zero attached hydrogens (tertiary/aromatic N) is 1. The second-order valence-corrected chi connectivity index (χ2v) is 5.10. The number of alkyl halides is 3. The van der Waals surface area contributed by atoms with Crippen molar-refractivity contribution >= 4 is 5.97 Å². The first-order valence-corrected chi connectivity index (χ1v) is 6.53. The topological polar surface area (TPSA) is 29.5 Å². The quantitative estimate of drug-likeness (QED) is 0.621. The van der Waals surface area contributed by atoms with Gasteiger partial charge in [-0.1, -0.05) is 0 Å². The molecular weight excluding hydrogens is 290 g/mol. The highest BCUT2D eigenvalue weighted by atomic mass is 19.4. The number of esters is 1. The van der Waals surface area contributed by atoms with Crippen molar-refractivity contribution in [3.8, 4) is 0 Å². The third kappa shape index (κ3) is 3.93. The molecule has 0 radical (unpaired) electrons. The Bertz CT molecular complexity index is 522. The van der Waals surface area contributed by atoms with Crippen molar-refractivity contribution in [2.45, 2.75) is 25.1 Å². The monoisotopic (exact) mass is 305 g/mol. The molecule has 3 nitrogen and oxygen atoms in total. The van der Waals surface area contributed by atoms with Crippen LogP contribution < -0.4 is 0 Å². The fraction of sp³-hybridized carbons (Fsp3) is 0.500. The summed E-state index contributed by atoms with van der Waals surface area (Å²) >= 11 is 0. The van der Waals surface area contributed by atoms with E-state index in [9.17, 15) is 22.4 Å². The molecule has 0 bridgehead atoms. The highest BCUT2D eigenvalue weighted by Crippen LogP contribution is 2.30. The minimum Gasteiger partial charge on any atom is -0.459 e. The van der Waals surface area contributed by atoms with E-state index in [1.807, 2.05) is 7.05 Å². The number of piperidine rings is 1. The molecule has 116 valence electrons. The Kier molecular flexibility index (Phi) is 4.51. The normalized spacial score (nSPS) is 17.8. The van der Waals surface area contributed by atoms with Crippen molar-refractivity contribution in [2.75, 3.05) is 20.1 Å². The molecule has 1 aromatic carbocycles. The molecule has 0 spiro atoms. The molecule has 1 saturated heterocycles. The van der Waals surface area contributed by atoms with Crippen LogP contribution in [-0.2, 0) is 10.9 Å². The number of rotatable bonds is 2. The average molecular weight is 305 g/mol. The van der Waals surface area contributed by atoms with Crippen LogP contribution in [0.5, 0.6) is 0 Å². The number of hydrogen-bond donors (Lipinski definition) is 0. The maximum Gasteiger partial charge on any atom is 0.416 e. The molecule has 0 N–H and O–H groups in total. The lowest BCUT2D eigenvalue weighted by Gasteiger charge is -2.28. The van der Waals surface area contributed by atoms with Gasteiger partial charge in [-0.05, 0) is 38.1 Å². The Hall–Kier alpha value is -1.63. The lowest BCUT2D eigenvalue weighted by Crippen LogP contribution is -2.35. The SMILES string of the molecule is CN1CCC(OC(=O)c2cc(C(F)(F)F)ccc2F)CC1. The number of hydrogen-bond acceptors (Lipinski definition) is 3. The number of ether oxygens (including phenoxy) is 1. The Balaban J connectivity index is 2.11. The molecule has 1 fully saturated rings. The molecule has 0 saturated carbocycles. The molecule has 0 aliphatic carbocycles. The van der Waals surface area contributed by atoms with Gasteiger partial charge >= 0.3 is 12.1 Å². The predicted molar refractivity (Wildman–Crippen MR) is 67.3 cm³/mol. The maximum atomic E-state index is 13.5. The average Bonchev–Trinajstić information content (AvgIpc) is 2.40. The van der Waals surface area contributed by atoms with Crippen molar-refractivity contribution < 1.29 is 27.1 Å². The van der Waals surface area contributed by atoms with E-state index < -0.39 is 29.1 Å². The Labute approximate surface area is 119 Å². The summed E-state index contributed by atoms with van der Waals surface area (Å²) in [5.74, 6) is -2.06. The van der Waals surface area contributed by atoms with Gasteiger partial charge in [0.25, 0.3) is 0 Å². The predicted octanol–water partition coefficient (Wildman–Crippen LogP) is 3.10. The second-order valence-electron chi connectivity index (χ2n) is 5.10. The molecule has 7 heteroatoms. The van der Waals surface area contributed by atoms with E-state index >= 15 is 0 Å². The summed E-state index contributed by atoms with van der Waals surface area (Å²) < 4.78 is 56.4. The van der Waals surface area contributed by atoms with Crippen LogP contribution in [0.4, 0.5) is 17.6 Å². The van der Waals surface area contributed by atoms with Crippen LogP contribution in [0, 0.1) is 5.82 Å². The van der Waals surface area contributed by atoms with Crippen LogP contribution in [0.3, 0.4) is 0 Å². The summed E-state index contributed by atoms with van der Waals surface area (Å²) in [7, 11) is 1.92. The molecular formula is C14H15F4NO2. The van der Waals surface area contributed by atoms with Crippen molar-refractivity contribution in [3.05, 3.63) is 35.1 Å². The van der Waals surface area contributed by atoms with E-state index in [1.54, 1.807) is 0 Å². The van der Waals surface area contributed by atoms with Crippen LogP contribution in [0.25, 0.3) is 0 Å². The van der Waals surface area contributed by atoms with Gasteiger partial charge in [0, 0.05) is 13.1 Å². The first kappa shape index (κ1) is 15.8. The molecule has 0 atom stereocenters. The third-order valence-electron chi connectivity index (χ3n) is 3.45. The Morgan fingerprint density at radius 1 is 1.29 bits per heavy atom. The van der Waals surface area contributed by atoms with Gasteiger partial charge in [-0.15, -0.1) is 0 Å². The first-order valence-electron chi connectivity index (χ1n) is 6.53. The molecule has 1 heterocycles. The van der Waals surface area contributed by atoms with E-state index in [4.69, 9.17) is 4.74 Å². The zero-order valence-corrected chi connectivity index (χ0v) is 11.4. The zero-order valence-electron chi connectivity index (χ0n) is 11.4. The molecule has 0 amide bonds. The van der Waals surface area contributed by atoms with Gasteiger partial charge in [0.1, 0.15) is 11.9 Å². The van der Waals surface area contributed by atoms with Gasteiger partial charge in [-0.3, -0.25) is 0 Å². The van der Waals surface area contributed by atoms with Crippen molar-refractivity contribution in [3.63, 3.8) is 0 Å². The molecule has 1 aliphatic rings. The van der Waals surface area contributed by atoms with Crippen LogP contribution in [0.15, 0.2) is 18.2 Å². The summed E-state index contributed by atoms with van der Waals surface area (Å²) in [5.41, 5.74) is -1.75. The number of carbonyl (C=O) groups is 1. The molecule has 0 unspecified atom stereocenters. The zero-order chi connectivity index (χ0) is 15.6. The highest BCUT2D eigenvalue weighted by Gasteiger charge is 2.32. The van der Waals surface area contributed by atoms with Crippen molar-refractivity contribution in [1.29, 1.82) is 0 Å². The standard InChI is InChI=1S/C14H15F4NO2/c1-19-6-4-10(5-7-19)21-13(20)11-8-9(14(16,17)18)2-3-12(11)15/h2-3,8,10H,4-7H2,1H3. The summed E-state index contributed by atoms with van der Waals surface area (Å²) in [6.07, 6.45) is -3.84. The smallest absolute Gasteiger partial charge is 0.416 e.